The standard InChI is InChI=1S/C25H28N4O3S/c1-19-9-15-23(16-10-19)33(31,32)28-24(17-20-7-5-4-6-8-20)25(30)27-26-18-21-11-13-22(14-12-21)29(2)3/h4-16,18,24,28H,17H2,1-3H3,(H,27,30)/b26-18-/t24-/m0/s1. The maximum atomic E-state index is 12.9. The molecule has 0 unspecified atom stereocenters. The summed E-state index contributed by atoms with van der Waals surface area (Å²) in [4.78, 5) is 15.0. The summed E-state index contributed by atoms with van der Waals surface area (Å²) in [6, 6.07) is 22.3. The Hall–Kier alpha value is -3.49. The molecule has 0 bridgehead atoms. The van der Waals surface area contributed by atoms with Gasteiger partial charge in [0.15, 0.2) is 0 Å². The topological polar surface area (TPSA) is 90.9 Å². The van der Waals surface area contributed by atoms with Gasteiger partial charge in [-0.15, -0.1) is 0 Å². The van der Waals surface area contributed by atoms with E-state index in [9.17, 15) is 13.2 Å². The van der Waals surface area contributed by atoms with E-state index in [2.05, 4.69) is 15.2 Å². The van der Waals surface area contributed by atoms with Gasteiger partial charge in [0.2, 0.25) is 10.0 Å². The molecule has 33 heavy (non-hydrogen) atoms. The van der Waals surface area contributed by atoms with Crippen LogP contribution in [-0.4, -0.2) is 40.7 Å². The third kappa shape index (κ3) is 7.00. The molecule has 7 nitrogen and oxygen atoms in total. The molecule has 0 aliphatic rings. The molecule has 0 heterocycles. The Balaban J connectivity index is 1.75. The summed E-state index contributed by atoms with van der Waals surface area (Å²) in [6.07, 6.45) is 1.70. The summed E-state index contributed by atoms with van der Waals surface area (Å²) < 4.78 is 28.3. The molecular weight excluding hydrogens is 436 g/mol. The summed E-state index contributed by atoms with van der Waals surface area (Å²) in [6.45, 7) is 1.88. The van der Waals surface area contributed by atoms with Crippen LogP contribution in [0.4, 0.5) is 5.69 Å². The fourth-order valence-electron chi connectivity index (χ4n) is 3.12. The van der Waals surface area contributed by atoms with E-state index in [4.69, 9.17) is 0 Å². The van der Waals surface area contributed by atoms with Gasteiger partial charge in [-0.05, 0) is 48.7 Å². The first kappa shape index (κ1) is 24.2. The van der Waals surface area contributed by atoms with Crippen LogP contribution in [0, 0.1) is 6.92 Å². The molecule has 3 rings (SSSR count). The smallest absolute Gasteiger partial charge is 0.258 e. The van der Waals surface area contributed by atoms with Crippen molar-refractivity contribution in [2.24, 2.45) is 5.10 Å². The maximum absolute atomic E-state index is 12.9. The molecule has 172 valence electrons. The fourth-order valence-corrected chi connectivity index (χ4v) is 4.31. The highest BCUT2D eigenvalue weighted by molar-refractivity contribution is 7.89. The van der Waals surface area contributed by atoms with E-state index in [0.717, 1.165) is 22.4 Å². The molecule has 3 aromatic carbocycles. The molecule has 1 amide bonds. The number of hydrogen-bond donors (Lipinski definition) is 2. The van der Waals surface area contributed by atoms with Crippen LogP contribution in [0.2, 0.25) is 0 Å². The third-order valence-electron chi connectivity index (χ3n) is 5.03. The van der Waals surface area contributed by atoms with E-state index in [1.807, 2.05) is 80.5 Å². The second-order valence-electron chi connectivity index (χ2n) is 7.90. The average Bonchev–Trinajstić information content (AvgIpc) is 2.80. The first-order valence-electron chi connectivity index (χ1n) is 10.5. The number of anilines is 1. The van der Waals surface area contributed by atoms with E-state index in [1.54, 1.807) is 12.1 Å². The molecule has 0 aromatic heterocycles. The van der Waals surface area contributed by atoms with Crippen molar-refractivity contribution in [3.05, 3.63) is 95.6 Å². The van der Waals surface area contributed by atoms with Crippen molar-refractivity contribution in [3.63, 3.8) is 0 Å². The quantitative estimate of drug-likeness (QED) is 0.376. The zero-order valence-electron chi connectivity index (χ0n) is 18.9. The fraction of sp³-hybridized carbons (Fsp3) is 0.200. The summed E-state index contributed by atoms with van der Waals surface area (Å²) >= 11 is 0. The van der Waals surface area contributed by atoms with Crippen LogP contribution in [0.25, 0.3) is 0 Å². The second kappa shape index (κ2) is 10.9. The lowest BCUT2D eigenvalue weighted by Gasteiger charge is -2.17. The number of rotatable bonds is 9. The number of benzene rings is 3. The Labute approximate surface area is 195 Å². The van der Waals surface area contributed by atoms with Crippen LogP contribution in [0.3, 0.4) is 0 Å². The summed E-state index contributed by atoms with van der Waals surface area (Å²) in [5, 5.41) is 4.02. The van der Waals surface area contributed by atoms with Gasteiger partial charge in [0.25, 0.3) is 5.91 Å². The van der Waals surface area contributed by atoms with Crippen molar-refractivity contribution in [3.8, 4) is 0 Å². The van der Waals surface area contributed by atoms with Crippen LogP contribution in [0.5, 0.6) is 0 Å². The Morgan fingerprint density at radius 1 is 0.970 bits per heavy atom. The predicted octanol–water partition coefficient (Wildman–Crippen LogP) is 3.10. The van der Waals surface area contributed by atoms with Gasteiger partial charge in [0, 0.05) is 19.8 Å². The van der Waals surface area contributed by atoms with Crippen LogP contribution < -0.4 is 15.0 Å². The molecule has 0 spiro atoms. The van der Waals surface area contributed by atoms with E-state index >= 15 is 0 Å². The Morgan fingerprint density at radius 3 is 2.21 bits per heavy atom. The van der Waals surface area contributed by atoms with Gasteiger partial charge in [-0.25, -0.2) is 13.8 Å². The van der Waals surface area contributed by atoms with Gasteiger partial charge in [-0.2, -0.15) is 9.82 Å². The van der Waals surface area contributed by atoms with Crippen molar-refractivity contribution in [1.29, 1.82) is 0 Å². The number of hydrogen-bond acceptors (Lipinski definition) is 5. The maximum Gasteiger partial charge on any atom is 0.258 e. The number of carbonyl (C=O) groups is 1. The van der Waals surface area contributed by atoms with Crippen molar-refractivity contribution in [1.82, 2.24) is 10.1 Å². The Morgan fingerprint density at radius 2 is 1.61 bits per heavy atom. The van der Waals surface area contributed by atoms with Crippen molar-refractivity contribution < 1.29 is 13.2 Å². The van der Waals surface area contributed by atoms with Crippen LogP contribution in [0.15, 0.2) is 88.9 Å². The van der Waals surface area contributed by atoms with Crippen LogP contribution >= 0.6 is 0 Å². The first-order valence-corrected chi connectivity index (χ1v) is 12.0. The Kier molecular flexibility index (Phi) is 7.97. The largest absolute Gasteiger partial charge is 0.378 e. The molecule has 2 N–H and O–H groups in total. The molecule has 0 fully saturated rings. The number of hydrazone groups is 1. The minimum Gasteiger partial charge on any atom is -0.378 e. The minimum atomic E-state index is -3.90. The van der Waals surface area contributed by atoms with E-state index < -0.39 is 22.0 Å². The summed E-state index contributed by atoms with van der Waals surface area (Å²) in [5.74, 6) is -0.546. The molecule has 0 saturated carbocycles. The lowest BCUT2D eigenvalue weighted by Crippen LogP contribution is -2.46. The van der Waals surface area contributed by atoms with Gasteiger partial charge < -0.3 is 4.90 Å². The number of amides is 1. The Bertz CT molecular complexity index is 1190. The highest BCUT2D eigenvalue weighted by atomic mass is 32.2. The van der Waals surface area contributed by atoms with E-state index in [1.165, 1.54) is 18.3 Å². The zero-order valence-corrected chi connectivity index (χ0v) is 19.7. The van der Waals surface area contributed by atoms with Gasteiger partial charge in [-0.3, -0.25) is 4.79 Å². The number of sulfonamides is 1. The number of nitrogens with one attached hydrogen (secondary N) is 2. The van der Waals surface area contributed by atoms with Crippen molar-refractivity contribution in [2.75, 3.05) is 19.0 Å². The molecule has 0 radical (unpaired) electrons. The highest BCUT2D eigenvalue weighted by Gasteiger charge is 2.26. The zero-order chi connectivity index (χ0) is 23.8. The number of carbonyl (C=O) groups excluding carboxylic acids is 1. The second-order valence-corrected chi connectivity index (χ2v) is 9.61. The van der Waals surface area contributed by atoms with Crippen LogP contribution in [-0.2, 0) is 21.2 Å². The lowest BCUT2D eigenvalue weighted by molar-refractivity contribution is -0.122. The minimum absolute atomic E-state index is 0.100. The number of nitrogens with zero attached hydrogens (tertiary/aromatic N) is 2. The van der Waals surface area contributed by atoms with Crippen molar-refractivity contribution in [2.45, 2.75) is 24.3 Å². The molecule has 1 atom stereocenters. The molecule has 0 aliphatic carbocycles. The third-order valence-corrected chi connectivity index (χ3v) is 6.51. The number of aryl methyl sites for hydroxylation is 1. The van der Waals surface area contributed by atoms with E-state index in [0.29, 0.717) is 0 Å². The molecule has 0 saturated heterocycles. The molecule has 0 aliphatic heterocycles. The summed E-state index contributed by atoms with van der Waals surface area (Å²) in [7, 11) is 0.00561. The van der Waals surface area contributed by atoms with Gasteiger partial charge in [-0.1, -0.05) is 60.2 Å². The first-order chi connectivity index (χ1) is 15.7. The SMILES string of the molecule is Cc1ccc(S(=O)(=O)N[C@@H](Cc2ccccc2)C(=O)N/N=C\c2ccc(N(C)C)cc2)cc1. The average molecular weight is 465 g/mol. The monoisotopic (exact) mass is 464 g/mol. The van der Waals surface area contributed by atoms with E-state index in [-0.39, 0.29) is 11.3 Å². The molecule has 3 aromatic rings. The van der Waals surface area contributed by atoms with Crippen LogP contribution in [0.1, 0.15) is 16.7 Å². The van der Waals surface area contributed by atoms with Gasteiger partial charge >= 0.3 is 0 Å². The summed E-state index contributed by atoms with van der Waals surface area (Å²) in [5.41, 5.74) is 6.09. The van der Waals surface area contributed by atoms with Crippen molar-refractivity contribution >= 4 is 27.8 Å². The molecular formula is C25H28N4O3S. The lowest BCUT2D eigenvalue weighted by atomic mass is 10.1. The van der Waals surface area contributed by atoms with Gasteiger partial charge in [0.05, 0.1) is 11.1 Å². The highest BCUT2D eigenvalue weighted by Crippen LogP contribution is 2.13. The van der Waals surface area contributed by atoms with Gasteiger partial charge in [0.1, 0.15) is 6.04 Å². The molecule has 8 heteroatoms. The predicted molar refractivity (Wildman–Crippen MR) is 132 cm³/mol. The normalized spacial score (nSPS) is 12.5.